The van der Waals surface area contributed by atoms with Crippen LogP contribution in [-0.2, 0) is 9.59 Å². The summed E-state index contributed by atoms with van der Waals surface area (Å²) in [4.78, 5) is 28.5. The summed E-state index contributed by atoms with van der Waals surface area (Å²) in [6.07, 6.45) is 7.95. The third-order valence-corrected chi connectivity index (χ3v) is 5.29. The number of amides is 2. The number of benzene rings is 1. The molecule has 1 unspecified atom stereocenters. The van der Waals surface area contributed by atoms with E-state index in [2.05, 4.69) is 16.1 Å². The van der Waals surface area contributed by atoms with E-state index in [1.165, 1.54) is 4.90 Å². The summed E-state index contributed by atoms with van der Waals surface area (Å²) < 4.78 is 0. The van der Waals surface area contributed by atoms with Crippen molar-refractivity contribution >= 4 is 29.1 Å². The van der Waals surface area contributed by atoms with E-state index in [9.17, 15) is 9.59 Å². The molecular weight excluding hydrogens is 352 g/mol. The Morgan fingerprint density at radius 3 is 2.81 bits per heavy atom. The second-order valence-electron chi connectivity index (χ2n) is 6.64. The lowest BCUT2D eigenvalue weighted by Gasteiger charge is -2.24. The van der Waals surface area contributed by atoms with Crippen LogP contribution in [0.3, 0.4) is 0 Å². The number of nitrogens with zero attached hydrogens (tertiary/aromatic N) is 4. The largest absolute Gasteiger partial charge is 0.334 e. The van der Waals surface area contributed by atoms with Gasteiger partial charge in [-0.05, 0) is 18.6 Å². The second-order valence-corrected chi connectivity index (χ2v) is 7.04. The van der Waals surface area contributed by atoms with Gasteiger partial charge in [0, 0.05) is 39.3 Å². The van der Waals surface area contributed by atoms with Gasteiger partial charge in [0.25, 0.3) is 0 Å². The molecule has 7 heteroatoms. The third-order valence-electron chi connectivity index (χ3n) is 4.97. The molecule has 1 aromatic rings. The van der Waals surface area contributed by atoms with Crippen LogP contribution in [0, 0.1) is 12.3 Å². The van der Waals surface area contributed by atoms with Crippen LogP contribution < -0.4 is 4.90 Å². The molecule has 6 nitrogen and oxygen atoms in total. The highest BCUT2D eigenvalue weighted by molar-refractivity contribution is 6.34. The molecule has 2 aliphatic heterocycles. The minimum Gasteiger partial charge on any atom is -0.334 e. The van der Waals surface area contributed by atoms with Gasteiger partial charge in [-0.15, -0.1) is 12.3 Å². The van der Waals surface area contributed by atoms with Gasteiger partial charge in [0.05, 0.1) is 10.7 Å². The quantitative estimate of drug-likeness (QED) is 0.689. The van der Waals surface area contributed by atoms with Crippen LogP contribution in [0.25, 0.3) is 0 Å². The van der Waals surface area contributed by atoms with Gasteiger partial charge in [-0.3, -0.25) is 9.59 Å². The van der Waals surface area contributed by atoms with E-state index >= 15 is 0 Å². The van der Waals surface area contributed by atoms with Crippen LogP contribution in [0.15, 0.2) is 34.5 Å². The number of hydrogen-bond acceptors (Lipinski definition) is 4. The molecule has 0 saturated carbocycles. The summed E-state index contributed by atoms with van der Waals surface area (Å²) in [6, 6.07) is 6.77. The van der Waals surface area contributed by atoms with Crippen molar-refractivity contribution < 1.29 is 9.59 Å². The topological polar surface area (TPSA) is 65.3 Å². The Labute approximate surface area is 158 Å². The number of para-hydroxylation sites is 1. The van der Waals surface area contributed by atoms with Gasteiger partial charge < -0.3 is 9.80 Å². The Balaban J connectivity index is 1.57. The number of carbonyl (C=O) groups excluding carboxylic acids is 2. The van der Waals surface area contributed by atoms with E-state index in [0.29, 0.717) is 49.4 Å². The van der Waals surface area contributed by atoms with Gasteiger partial charge in [-0.25, -0.2) is 0 Å². The number of terminal acetylenes is 1. The molecule has 0 aliphatic carbocycles. The highest BCUT2D eigenvalue weighted by Gasteiger charge is 2.41. The summed E-state index contributed by atoms with van der Waals surface area (Å²) in [5.41, 5.74) is 0.206. The lowest BCUT2D eigenvalue weighted by atomic mass is 10.0. The van der Waals surface area contributed by atoms with Crippen molar-refractivity contribution in [3.63, 3.8) is 0 Å². The molecule has 2 aliphatic rings. The predicted molar refractivity (Wildman–Crippen MR) is 99.9 cm³/mol. The Kier molecular flexibility index (Phi) is 5.28. The molecule has 0 spiro atoms. The summed E-state index contributed by atoms with van der Waals surface area (Å²) in [6.45, 7) is 0.543. The van der Waals surface area contributed by atoms with Crippen LogP contribution in [0.4, 0.5) is 5.69 Å². The first kappa shape index (κ1) is 18.4. The van der Waals surface area contributed by atoms with Gasteiger partial charge in [-0.1, -0.05) is 23.7 Å². The molecular formula is C19H21ClN4O2. The zero-order chi connectivity index (χ0) is 18.7. The van der Waals surface area contributed by atoms with Crippen molar-refractivity contribution in [3.05, 3.63) is 29.3 Å². The second kappa shape index (κ2) is 7.46. The Morgan fingerprint density at radius 2 is 2.15 bits per heavy atom. The van der Waals surface area contributed by atoms with Crippen LogP contribution >= 0.6 is 11.6 Å². The van der Waals surface area contributed by atoms with Crippen molar-refractivity contribution in [2.75, 3.05) is 18.5 Å². The fourth-order valence-electron chi connectivity index (χ4n) is 3.26. The lowest BCUT2D eigenvalue weighted by Crippen LogP contribution is -2.43. The average molecular weight is 373 g/mol. The Hall–Kier alpha value is -2.39. The van der Waals surface area contributed by atoms with Crippen LogP contribution in [0.2, 0.25) is 5.02 Å². The van der Waals surface area contributed by atoms with E-state index in [1.807, 2.05) is 18.2 Å². The van der Waals surface area contributed by atoms with Crippen LogP contribution in [0.5, 0.6) is 0 Å². The molecule has 3 rings (SSSR count). The van der Waals surface area contributed by atoms with E-state index in [4.69, 9.17) is 18.0 Å². The number of hydrogen-bond donors (Lipinski definition) is 0. The van der Waals surface area contributed by atoms with Crippen molar-refractivity contribution in [2.24, 2.45) is 10.2 Å². The van der Waals surface area contributed by atoms with E-state index in [1.54, 1.807) is 18.0 Å². The molecule has 1 aromatic carbocycles. The van der Waals surface area contributed by atoms with Crippen LogP contribution in [0.1, 0.15) is 32.1 Å². The number of anilines is 1. The van der Waals surface area contributed by atoms with Gasteiger partial charge in [0.15, 0.2) is 5.66 Å². The van der Waals surface area contributed by atoms with Gasteiger partial charge in [0.1, 0.15) is 6.04 Å². The molecule has 0 N–H and O–H groups in total. The minimum atomic E-state index is -0.480. The monoisotopic (exact) mass is 372 g/mol. The van der Waals surface area contributed by atoms with Crippen molar-refractivity contribution in [2.45, 2.75) is 43.8 Å². The fraction of sp³-hybridized carbons (Fsp3) is 0.474. The zero-order valence-electron chi connectivity index (χ0n) is 14.7. The normalized spacial score (nSPS) is 20.1. The highest BCUT2D eigenvalue weighted by Crippen LogP contribution is 2.38. The van der Waals surface area contributed by atoms with E-state index in [0.717, 1.165) is 0 Å². The highest BCUT2D eigenvalue weighted by atomic mass is 35.5. The van der Waals surface area contributed by atoms with Gasteiger partial charge in [-0.2, -0.15) is 10.2 Å². The number of likely N-dealkylation sites (N-methyl/N-ethyl adjacent to an activating group) is 1. The van der Waals surface area contributed by atoms with Crippen molar-refractivity contribution in [3.8, 4) is 12.3 Å². The third kappa shape index (κ3) is 3.73. The SMILES string of the molecule is C#CCCC1(CCC(=O)N(C)C2CCN(c3ccccc3Cl)C2=O)N=N1. The molecule has 0 aromatic heterocycles. The standard InChI is InChI=1S/C19H21ClN4O2/c1-3-4-11-19(21-22-19)12-9-17(25)23(2)16-10-13-24(18(16)26)15-8-6-5-7-14(15)20/h1,5-8,16H,4,9-13H2,2H3. The number of rotatable bonds is 7. The predicted octanol–water partition coefficient (Wildman–Crippen LogP) is 3.26. The van der Waals surface area contributed by atoms with E-state index < -0.39 is 11.7 Å². The maximum Gasteiger partial charge on any atom is 0.249 e. The van der Waals surface area contributed by atoms with E-state index in [-0.39, 0.29) is 11.8 Å². The summed E-state index contributed by atoms with van der Waals surface area (Å²) in [5.74, 6) is 2.39. The molecule has 1 fully saturated rings. The Bertz CT molecular complexity index is 780. The summed E-state index contributed by atoms with van der Waals surface area (Å²) in [7, 11) is 1.68. The molecule has 0 bridgehead atoms. The molecule has 26 heavy (non-hydrogen) atoms. The summed E-state index contributed by atoms with van der Waals surface area (Å²) >= 11 is 6.20. The maximum absolute atomic E-state index is 12.8. The number of carbonyl (C=O) groups is 2. The van der Waals surface area contributed by atoms with Crippen molar-refractivity contribution in [1.82, 2.24) is 4.90 Å². The maximum atomic E-state index is 12.8. The lowest BCUT2D eigenvalue weighted by molar-refractivity contribution is -0.136. The molecule has 1 atom stereocenters. The molecule has 2 heterocycles. The number of halogens is 1. The molecule has 2 amide bonds. The minimum absolute atomic E-state index is 0.0817. The van der Waals surface area contributed by atoms with Gasteiger partial charge in [0.2, 0.25) is 11.8 Å². The molecule has 1 saturated heterocycles. The van der Waals surface area contributed by atoms with Crippen molar-refractivity contribution in [1.29, 1.82) is 0 Å². The first-order chi connectivity index (χ1) is 12.5. The first-order valence-corrected chi connectivity index (χ1v) is 9.04. The fourth-order valence-corrected chi connectivity index (χ4v) is 3.50. The average Bonchev–Trinajstić information content (AvgIpc) is 3.32. The molecule has 0 radical (unpaired) electrons. The zero-order valence-corrected chi connectivity index (χ0v) is 15.4. The smallest absolute Gasteiger partial charge is 0.249 e. The Morgan fingerprint density at radius 1 is 1.42 bits per heavy atom. The summed E-state index contributed by atoms with van der Waals surface area (Å²) in [5, 5.41) is 8.62. The molecule has 136 valence electrons. The van der Waals surface area contributed by atoms with Crippen LogP contribution in [-0.4, -0.2) is 42.0 Å². The first-order valence-electron chi connectivity index (χ1n) is 8.66. The van der Waals surface area contributed by atoms with Gasteiger partial charge >= 0.3 is 0 Å².